The first-order valence-electron chi connectivity index (χ1n) is 8.25. The number of aromatic nitrogens is 2. The maximum atomic E-state index is 12.6. The van der Waals surface area contributed by atoms with Crippen LogP contribution in [0.3, 0.4) is 0 Å². The number of rotatable bonds is 4. The normalized spacial score (nSPS) is 28.0. The van der Waals surface area contributed by atoms with Gasteiger partial charge in [0, 0.05) is 30.4 Å². The van der Waals surface area contributed by atoms with Gasteiger partial charge in [-0.1, -0.05) is 0 Å². The van der Waals surface area contributed by atoms with Gasteiger partial charge >= 0.3 is 0 Å². The third kappa shape index (κ3) is 2.78. The molecule has 1 aromatic heterocycles. The molecule has 1 aliphatic heterocycles. The van der Waals surface area contributed by atoms with Gasteiger partial charge in [-0.05, 0) is 43.9 Å². The lowest BCUT2D eigenvalue weighted by molar-refractivity contribution is 0.0922. The molecular formula is C15H22N4O3S. The van der Waals surface area contributed by atoms with Crippen LogP contribution in [0.4, 0.5) is 0 Å². The van der Waals surface area contributed by atoms with Gasteiger partial charge in [-0.15, -0.1) is 0 Å². The SMILES string of the molecule is CS(=O)(=O)N1C[C@@H](NC(=O)c2n[nH]c3c2CCC3)[C@H](C2CC2)C1. The smallest absolute Gasteiger partial charge is 0.272 e. The Balaban J connectivity index is 1.51. The first-order chi connectivity index (χ1) is 10.9. The van der Waals surface area contributed by atoms with Gasteiger partial charge in [0.15, 0.2) is 5.69 Å². The fourth-order valence-electron chi connectivity index (χ4n) is 3.96. The van der Waals surface area contributed by atoms with Crippen molar-refractivity contribution in [1.29, 1.82) is 0 Å². The molecule has 126 valence electrons. The Kier molecular flexibility index (Phi) is 3.49. The molecule has 7 nitrogen and oxygen atoms in total. The predicted molar refractivity (Wildman–Crippen MR) is 84.5 cm³/mol. The van der Waals surface area contributed by atoms with Gasteiger partial charge in [0.1, 0.15) is 0 Å². The standard InChI is InChI=1S/C15H22N4O3S/c1-23(21,22)19-7-11(9-5-6-9)13(8-19)16-15(20)14-10-3-2-4-12(10)17-18-14/h9,11,13H,2-8H2,1H3,(H,16,20)(H,17,18)/t11-,13+/m0/s1. The molecule has 8 heteroatoms. The Labute approximate surface area is 135 Å². The highest BCUT2D eigenvalue weighted by Gasteiger charge is 2.45. The Bertz CT molecular complexity index is 738. The zero-order valence-corrected chi connectivity index (χ0v) is 14.0. The van der Waals surface area contributed by atoms with Crippen LogP contribution in [0.1, 0.15) is 41.0 Å². The lowest BCUT2D eigenvalue weighted by Crippen LogP contribution is -2.42. The number of carbonyl (C=O) groups is 1. The summed E-state index contributed by atoms with van der Waals surface area (Å²) in [4.78, 5) is 12.6. The number of aryl methyl sites for hydroxylation is 1. The van der Waals surface area contributed by atoms with Crippen molar-refractivity contribution in [2.75, 3.05) is 19.3 Å². The molecule has 23 heavy (non-hydrogen) atoms. The molecule has 0 radical (unpaired) electrons. The number of nitrogens with zero attached hydrogens (tertiary/aromatic N) is 2. The lowest BCUT2D eigenvalue weighted by Gasteiger charge is -2.19. The van der Waals surface area contributed by atoms with Gasteiger partial charge in [0.2, 0.25) is 10.0 Å². The summed E-state index contributed by atoms with van der Waals surface area (Å²) in [6.07, 6.45) is 6.40. The fraction of sp³-hybridized carbons (Fsp3) is 0.733. The molecule has 2 atom stereocenters. The van der Waals surface area contributed by atoms with Crippen molar-refractivity contribution in [2.45, 2.75) is 38.1 Å². The molecule has 1 amide bonds. The van der Waals surface area contributed by atoms with Crippen LogP contribution in [0, 0.1) is 11.8 Å². The van der Waals surface area contributed by atoms with Gasteiger partial charge in [-0.2, -0.15) is 9.40 Å². The maximum Gasteiger partial charge on any atom is 0.272 e. The second-order valence-corrected chi connectivity index (χ2v) is 9.03. The first-order valence-corrected chi connectivity index (χ1v) is 10.1. The second kappa shape index (κ2) is 5.31. The minimum absolute atomic E-state index is 0.113. The van der Waals surface area contributed by atoms with E-state index in [-0.39, 0.29) is 17.9 Å². The molecule has 1 saturated heterocycles. The third-order valence-corrected chi connectivity index (χ3v) is 6.60. The number of nitrogens with one attached hydrogen (secondary N) is 2. The van der Waals surface area contributed by atoms with E-state index in [4.69, 9.17) is 0 Å². The summed E-state index contributed by atoms with van der Waals surface area (Å²) in [5.74, 6) is 0.591. The van der Waals surface area contributed by atoms with Gasteiger partial charge in [-0.3, -0.25) is 9.89 Å². The molecule has 0 unspecified atom stereocenters. The molecule has 2 fully saturated rings. The number of fused-ring (bicyclic) bond motifs is 1. The average Bonchev–Trinajstić information content (AvgIpc) is 2.90. The second-order valence-electron chi connectivity index (χ2n) is 7.04. The zero-order chi connectivity index (χ0) is 16.2. The highest BCUT2D eigenvalue weighted by Crippen LogP contribution is 2.42. The van der Waals surface area contributed by atoms with E-state index in [1.165, 1.54) is 10.6 Å². The Morgan fingerprint density at radius 2 is 2.09 bits per heavy atom. The van der Waals surface area contributed by atoms with Crippen LogP contribution in [-0.4, -0.2) is 54.2 Å². The van der Waals surface area contributed by atoms with E-state index in [9.17, 15) is 13.2 Å². The minimum Gasteiger partial charge on any atom is -0.346 e. The molecule has 1 saturated carbocycles. The summed E-state index contributed by atoms with van der Waals surface area (Å²) in [6, 6.07) is -0.113. The van der Waals surface area contributed by atoms with Crippen LogP contribution >= 0.6 is 0 Å². The van der Waals surface area contributed by atoms with E-state index in [0.717, 1.165) is 43.4 Å². The highest BCUT2D eigenvalue weighted by molar-refractivity contribution is 7.88. The van der Waals surface area contributed by atoms with Crippen molar-refractivity contribution in [3.63, 3.8) is 0 Å². The third-order valence-electron chi connectivity index (χ3n) is 5.37. The fourth-order valence-corrected chi connectivity index (χ4v) is 4.84. The number of carbonyl (C=O) groups excluding carboxylic acids is 1. The summed E-state index contributed by atoms with van der Waals surface area (Å²) in [7, 11) is -3.21. The Hall–Kier alpha value is -1.41. The van der Waals surface area contributed by atoms with Crippen molar-refractivity contribution in [2.24, 2.45) is 11.8 Å². The molecule has 0 bridgehead atoms. The summed E-state index contributed by atoms with van der Waals surface area (Å²) < 4.78 is 25.2. The largest absolute Gasteiger partial charge is 0.346 e. The van der Waals surface area contributed by atoms with Crippen molar-refractivity contribution in [3.05, 3.63) is 17.0 Å². The van der Waals surface area contributed by atoms with Crippen LogP contribution in [0.2, 0.25) is 0 Å². The lowest BCUT2D eigenvalue weighted by atomic mass is 9.98. The van der Waals surface area contributed by atoms with Gasteiger partial charge < -0.3 is 5.32 Å². The van der Waals surface area contributed by atoms with E-state index in [1.807, 2.05) is 0 Å². The van der Waals surface area contributed by atoms with Crippen LogP contribution in [0.15, 0.2) is 0 Å². The van der Waals surface area contributed by atoms with E-state index < -0.39 is 10.0 Å². The summed E-state index contributed by atoms with van der Waals surface area (Å²) in [6.45, 7) is 0.894. The average molecular weight is 338 g/mol. The topological polar surface area (TPSA) is 95.2 Å². The Morgan fingerprint density at radius 3 is 2.78 bits per heavy atom. The molecule has 0 spiro atoms. The number of amides is 1. The number of sulfonamides is 1. The summed E-state index contributed by atoms with van der Waals surface area (Å²) in [5, 5.41) is 10.2. The summed E-state index contributed by atoms with van der Waals surface area (Å²) >= 11 is 0. The molecule has 2 aliphatic carbocycles. The van der Waals surface area contributed by atoms with Crippen LogP contribution in [0.25, 0.3) is 0 Å². The molecule has 2 N–H and O–H groups in total. The number of aromatic amines is 1. The molecule has 2 heterocycles. The highest BCUT2D eigenvalue weighted by atomic mass is 32.2. The molecule has 4 rings (SSSR count). The molecule has 3 aliphatic rings. The number of H-pyrrole nitrogens is 1. The maximum absolute atomic E-state index is 12.6. The van der Waals surface area contributed by atoms with Crippen molar-refractivity contribution >= 4 is 15.9 Å². The summed E-state index contributed by atoms with van der Waals surface area (Å²) in [5.41, 5.74) is 2.59. The van der Waals surface area contributed by atoms with E-state index in [2.05, 4.69) is 15.5 Å². The number of hydrogen-bond donors (Lipinski definition) is 2. The van der Waals surface area contributed by atoms with Gasteiger partial charge in [0.05, 0.1) is 6.26 Å². The van der Waals surface area contributed by atoms with Gasteiger partial charge in [0.25, 0.3) is 5.91 Å². The van der Waals surface area contributed by atoms with Crippen molar-refractivity contribution in [3.8, 4) is 0 Å². The monoisotopic (exact) mass is 338 g/mol. The first kappa shape index (κ1) is 15.1. The quantitative estimate of drug-likeness (QED) is 0.825. The zero-order valence-electron chi connectivity index (χ0n) is 13.2. The van der Waals surface area contributed by atoms with E-state index in [0.29, 0.717) is 24.7 Å². The van der Waals surface area contributed by atoms with Crippen molar-refractivity contribution in [1.82, 2.24) is 19.8 Å². The number of hydrogen-bond acceptors (Lipinski definition) is 4. The van der Waals surface area contributed by atoms with Crippen LogP contribution in [0.5, 0.6) is 0 Å². The van der Waals surface area contributed by atoms with Crippen molar-refractivity contribution < 1.29 is 13.2 Å². The molecular weight excluding hydrogens is 316 g/mol. The van der Waals surface area contributed by atoms with Crippen LogP contribution in [-0.2, 0) is 22.9 Å². The van der Waals surface area contributed by atoms with E-state index >= 15 is 0 Å². The Morgan fingerprint density at radius 1 is 1.30 bits per heavy atom. The predicted octanol–water partition coefficient (Wildman–Crippen LogP) is 0.298. The molecule has 0 aromatic carbocycles. The minimum atomic E-state index is -3.21. The molecule has 1 aromatic rings. The van der Waals surface area contributed by atoms with Gasteiger partial charge in [-0.25, -0.2) is 8.42 Å². The van der Waals surface area contributed by atoms with E-state index in [1.54, 1.807) is 0 Å². The van der Waals surface area contributed by atoms with Crippen LogP contribution < -0.4 is 5.32 Å².